The normalized spacial score (nSPS) is 15.1. The highest BCUT2D eigenvalue weighted by atomic mass is 16.5. The van der Waals surface area contributed by atoms with Crippen molar-refractivity contribution in [2.24, 2.45) is 11.8 Å². The van der Waals surface area contributed by atoms with Gasteiger partial charge in [0.1, 0.15) is 6.10 Å². The van der Waals surface area contributed by atoms with E-state index in [0.717, 1.165) is 19.4 Å². The monoisotopic (exact) mass is 268 g/mol. The quantitative estimate of drug-likeness (QED) is 0.528. The topological polar surface area (TPSA) is 18.5 Å². The lowest BCUT2D eigenvalue weighted by atomic mass is 9.89. The van der Waals surface area contributed by atoms with Gasteiger partial charge in [0, 0.05) is 5.92 Å². The second kappa shape index (κ2) is 9.94. The maximum absolute atomic E-state index is 6.00. The maximum atomic E-state index is 6.00. The number of hydrogen-bond donors (Lipinski definition) is 0. The molecule has 0 bridgehead atoms. The van der Waals surface area contributed by atoms with Gasteiger partial charge in [-0.05, 0) is 51.2 Å². The summed E-state index contributed by atoms with van der Waals surface area (Å²) in [5.74, 6) is 0.969. The number of hydrogen-bond acceptors (Lipinski definition) is 2. The molecule has 0 aliphatic rings. The third-order valence-electron chi connectivity index (χ3n) is 3.28. The number of allylic oxidation sites excluding steroid dienone is 2. The molecule has 2 nitrogen and oxygen atoms in total. The molecule has 0 saturated carbocycles. The number of rotatable bonds is 9. The van der Waals surface area contributed by atoms with Crippen LogP contribution >= 0.6 is 0 Å². The molecular formula is C17H32O2. The lowest BCUT2D eigenvalue weighted by Crippen LogP contribution is -2.31. The zero-order valence-corrected chi connectivity index (χ0v) is 13.8. The minimum atomic E-state index is 0.232. The first kappa shape index (κ1) is 18.1. The molecule has 19 heavy (non-hydrogen) atoms. The van der Waals surface area contributed by atoms with Crippen LogP contribution < -0.4 is 0 Å². The summed E-state index contributed by atoms with van der Waals surface area (Å²) in [6.45, 7) is 15.6. The highest BCUT2D eigenvalue weighted by molar-refractivity contribution is 4.89. The number of ether oxygens (including phenoxy) is 2. The summed E-state index contributed by atoms with van der Waals surface area (Å²) in [7, 11) is 0. The molecule has 0 radical (unpaired) electrons. The second-order valence-electron chi connectivity index (χ2n) is 5.88. The minimum Gasteiger partial charge on any atom is -0.501 e. The molecule has 0 aromatic rings. The van der Waals surface area contributed by atoms with E-state index in [-0.39, 0.29) is 6.10 Å². The van der Waals surface area contributed by atoms with E-state index < -0.39 is 0 Å². The Morgan fingerprint density at radius 2 is 1.53 bits per heavy atom. The molecular weight excluding hydrogens is 236 g/mol. The van der Waals surface area contributed by atoms with Gasteiger partial charge >= 0.3 is 0 Å². The summed E-state index contributed by atoms with van der Waals surface area (Å²) in [5, 5.41) is 0. The Morgan fingerprint density at radius 3 is 1.95 bits per heavy atom. The Kier molecular flexibility index (Phi) is 9.46. The molecule has 112 valence electrons. The van der Waals surface area contributed by atoms with Crippen LogP contribution in [0.25, 0.3) is 0 Å². The summed E-state index contributed by atoms with van der Waals surface area (Å²) < 4.78 is 11.7. The summed E-state index contributed by atoms with van der Waals surface area (Å²) >= 11 is 0. The Bertz CT molecular complexity index is 284. The van der Waals surface area contributed by atoms with Crippen molar-refractivity contribution in [1.82, 2.24) is 0 Å². The fourth-order valence-corrected chi connectivity index (χ4v) is 1.94. The third kappa shape index (κ3) is 7.97. The van der Waals surface area contributed by atoms with Gasteiger partial charge in [0.25, 0.3) is 0 Å². The molecule has 0 saturated heterocycles. The molecule has 0 rings (SSSR count). The summed E-state index contributed by atoms with van der Waals surface area (Å²) in [6, 6.07) is 0. The van der Waals surface area contributed by atoms with Gasteiger partial charge in [-0.3, -0.25) is 0 Å². The molecule has 3 unspecified atom stereocenters. The zero-order chi connectivity index (χ0) is 14.8. The van der Waals surface area contributed by atoms with E-state index in [1.54, 1.807) is 0 Å². The molecule has 0 spiro atoms. The first-order valence-electron chi connectivity index (χ1n) is 7.46. The van der Waals surface area contributed by atoms with Gasteiger partial charge in [-0.25, -0.2) is 0 Å². The first-order chi connectivity index (χ1) is 8.92. The van der Waals surface area contributed by atoms with Crippen LogP contribution in [-0.2, 0) is 9.47 Å². The van der Waals surface area contributed by atoms with Gasteiger partial charge < -0.3 is 9.47 Å². The van der Waals surface area contributed by atoms with Gasteiger partial charge in [0.2, 0.25) is 0 Å². The van der Waals surface area contributed by atoms with Gasteiger partial charge in [-0.2, -0.15) is 0 Å². The van der Waals surface area contributed by atoms with Crippen molar-refractivity contribution in [1.29, 1.82) is 0 Å². The van der Waals surface area contributed by atoms with Crippen LogP contribution in [0, 0.1) is 11.8 Å². The van der Waals surface area contributed by atoms with E-state index in [1.807, 2.05) is 26.4 Å². The van der Waals surface area contributed by atoms with Crippen LogP contribution in [-0.4, -0.2) is 12.7 Å². The van der Waals surface area contributed by atoms with Crippen molar-refractivity contribution < 1.29 is 9.47 Å². The summed E-state index contributed by atoms with van der Waals surface area (Å²) in [5.41, 5.74) is 2.40. The molecule has 0 aromatic carbocycles. The molecule has 0 aromatic heterocycles. The molecule has 0 N–H and O–H groups in total. The molecule has 0 aliphatic carbocycles. The van der Waals surface area contributed by atoms with Crippen molar-refractivity contribution in [2.45, 2.75) is 67.4 Å². The first-order valence-corrected chi connectivity index (χ1v) is 7.46. The Morgan fingerprint density at radius 1 is 0.947 bits per heavy atom. The van der Waals surface area contributed by atoms with E-state index in [9.17, 15) is 0 Å². The predicted octanol–water partition coefficient (Wildman–Crippen LogP) is 5.31. The van der Waals surface area contributed by atoms with Crippen molar-refractivity contribution in [3.8, 4) is 0 Å². The summed E-state index contributed by atoms with van der Waals surface area (Å²) in [6.07, 6.45) is 6.16. The van der Waals surface area contributed by atoms with Crippen LogP contribution in [0.1, 0.15) is 61.3 Å². The fraction of sp³-hybridized carbons (Fsp3) is 0.765. The molecule has 0 heterocycles. The molecule has 0 fully saturated rings. The maximum Gasteiger partial charge on any atom is 0.106 e. The molecule has 0 amide bonds. The fourth-order valence-electron chi connectivity index (χ4n) is 1.94. The Labute approximate surface area is 119 Å². The van der Waals surface area contributed by atoms with Crippen LogP contribution in [0.2, 0.25) is 0 Å². The van der Waals surface area contributed by atoms with E-state index in [1.165, 1.54) is 11.1 Å². The average molecular weight is 268 g/mol. The average Bonchev–Trinajstić information content (AvgIpc) is 2.35. The second-order valence-corrected chi connectivity index (χ2v) is 5.88. The Hall–Kier alpha value is -0.920. The highest BCUT2D eigenvalue weighted by Crippen LogP contribution is 2.24. The summed E-state index contributed by atoms with van der Waals surface area (Å²) in [4.78, 5) is 0. The lowest BCUT2D eigenvalue weighted by molar-refractivity contribution is 0.00793. The van der Waals surface area contributed by atoms with Crippen molar-refractivity contribution >= 4 is 0 Å². The Balaban J connectivity index is 4.67. The van der Waals surface area contributed by atoms with E-state index in [2.05, 4.69) is 34.6 Å². The van der Waals surface area contributed by atoms with Crippen LogP contribution in [0.3, 0.4) is 0 Å². The van der Waals surface area contributed by atoms with Crippen molar-refractivity contribution in [3.05, 3.63) is 23.7 Å². The minimum absolute atomic E-state index is 0.232. The van der Waals surface area contributed by atoms with Crippen LogP contribution in [0.15, 0.2) is 23.7 Å². The smallest absolute Gasteiger partial charge is 0.106 e. The SMILES string of the molecule is CCC(C)C(OC=C(C)C)C(CC)COC=C(C)C. The standard InChI is InChI=1S/C17H32O2/c1-8-15(7)17(19-11-14(5)6)16(9-2)12-18-10-13(3)4/h10-11,15-17H,8-9,12H2,1-7H3. The largest absolute Gasteiger partial charge is 0.501 e. The highest BCUT2D eigenvalue weighted by Gasteiger charge is 2.26. The van der Waals surface area contributed by atoms with Gasteiger partial charge in [0.15, 0.2) is 0 Å². The van der Waals surface area contributed by atoms with Gasteiger partial charge in [0.05, 0.1) is 19.1 Å². The van der Waals surface area contributed by atoms with Crippen molar-refractivity contribution in [3.63, 3.8) is 0 Å². The zero-order valence-electron chi connectivity index (χ0n) is 13.8. The lowest BCUT2D eigenvalue weighted by Gasteiger charge is -2.30. The molecule has 0 aliphatic heterocycles. The van der Waals surface area contributed by atoms with Gasteiger partial charge in [-0.15, -0.1) is 0 Å². The van der Waals surface area contributed by atoms with Crippen molar-refractivity contribution in [2.75, 3.05) is 6.61 Å². The van der Waals surface area contributed by atoms with E-state index >= 15 is 0 Å². The molecule has 2 heteroatoms. The predicted molar refractivity (Wildman–Crippen MR) is 82.9 cm³/mol. The van der Waals surface area contributed by atoms with Gasteiger partial charge in [-0.1, -0.05) is 27.2 Å². The van der Waals surface area contributed by atoms with Crippen LogP contribution in [0.4, 0.5) is 0 Å². The third-order valence-corrected chi connectivity index (χ3v) is 3.28. The molecule has 3 atom stereocenters. The van der Waals surface area contributed by atoms with E-state index in [4.69, 9.17) is 9.47 Å². The van der Waals surface area contributed by atoms with Crippen LogP contribution in [0.5, 0.6) is 0 Å². The van der Waals surface area contributed by atoms with E-state index in [0.29, 0.717) is 11.8 Å².